The molecule has 1 aromatic rings. The Morgan fingerprint density at radius 2 is 2.12 bits per heavy atom. The first-order valence-corrected chi connectivity index (χ1v) is 4.13. The molecular formula is C9H7F4NO2. The van der Waals surface area contributed by atoms with E-state index in [-0.39, 0.29) is 0 Å². The third-order valence-corrected chi connectivity index (χ3v) is 1.80. The summed E-state index contributed by atoms with van der Waals surface area (Å²) in [4.78, 5) is 14.2. The highest BCUT2D eigenvalue weighted by Crippen LogP contribution is 2.33. The minimum atomic E-state index is -4.89. The Morgan fingerprint density at radius 3 is 2.62 bits per heavy atom. The van der Waals surface area contributed by atoms with Crippen LogP contribution in [-0.2, 0) is 22.1 Å². The summed E-state index contributed by atoms with van der Waals surface area (Å²) in [7, 11) is 1.02. The lowest BCUT2D eigenvalue weighted by Crippen LogP contribution is -2.17. The van der Waals surface area contributed by atoms with Crippen molar-refractivity contribution < 1.29 is 27.1 Å². The first kappa shape index (κ1) is 12.4. The van der Waals surface area contributed by atoms with Crippen LogP contribution in [0.1, 0.15) is 11.3 Å². The number of ether oxygens (including phenoxy) is 1. The van der Waals surface area contributed by atoms with Crippen LogP contribution in [0.3, 0.4) is 0 Å². The van der Waals surface area contributed by atoms with Crippen LogP contribution in [0.25, 0.3) is 0 Å². The van der Waals surface area contributed by atoms with Gasteiger partial charge in [-0.15, -0.1) is 0 Å². The molecule has 0 spiro atoms. The normalized spacial score (nSPS) is 11.3. The number of methoxy groups -OCH3 is 1. The van der Waals surface area contributed by atoms with Gasteiger partial charge in [-0.1, -0.05) is 0 Å². The molecule has 0 saturated carbocycles. The number of alkyl halides is 3. The number of halogens is 4. The van der Waals surface area contributed by atoms with Crippen molar-refractivity contribution in [3.8, 4) is 0 Å². The van der Waals surface area contributed by atoms with E-state index in [4.69, 9.17) is 0 Å². The molecule has 88 valence electrons. The molecule has 0 aliphatic rings. The highest BCUT2D eigenvalue weighted by atomic mass is 19.4. The molecule has 1 heterocycles. The van der Waals surface area contributed by atoms with Crippen molar-refractivity contribution in [3.05, 3.63) is 29.3 Å². The quantitative estimate of drug-likeness (QED) is 0.583. The average Bonchev–Trinajstić information content (AvgIpc) is 2.15. The van der Waals surface area contributed by atoms with Gasteiger partial charge in [-0.2, -0.15) is 13.2 Å². The van der Waals surface area contributed by atoms with E-state index in [1.165, 1.54) is 0 Å². The molecule has 0 atom stereocenters. The smallest absolute Gasteiger partial charge is 0.421 e. The maximum atomic E-state index is 13.0. The minimum absolute atomic E-state index is 0.587. The zero-order chi connectivity index (χ0) is 12.3. The monoisotopic (exact) mass is 237 g/mol. The molecule has 0 saturated heterocycles. The molecule has 0 aliphatic carbocycles. The predicted molar refractivity (Wildman–Crippen MR) is 44.9 cm³/mol. The molecule has 0 aliphatic heterocycles. The van der Waals surface area contributed by atoms with Crippen molar-refractivity contribution in [1.29, 1.82) is 0 Å². The van der Waals surface area contributed by atoms with Crippen LogP contribution in [0.2, 0.25) is 0 Å². The fraction of sp³-hybridized carbons (Fsp3) is 0.333. The Balaban J connectivity index is 3.18. The van der Waals surface area contributed by atoms with E-state index >= 15 is 0 Å². The number of carbonyl (C=O) groups excluding carboxylic acids is 1. The average molecular weight is 237 g/mol. The van der Waals surface area contributed by atoms with Crippen molar-refractivity contribution in [2.45, 2.75) is 12.6 Å². The number of carbonyl (C=O) groups is 1. The molecule has 0 fully saturated rings. The second kappa shape index (κ2) is 4.46. The zero-order valence-corrected chi connectivity index (χ0v) is 8.14. The van der Waals surface area contributed by atoms with Gasteiger partial charge < -0.3 is 4.74 Å². The van der Waals surface area contributed by atoms with Gasteiger partial charge in [0, 0.05) is 6.20 Å². The van der Waals surface area contributed by atoms with E-state index in [0.717, 1.165) is 13.3 Å². The number of hydrogen-bond acceptors (Lipinski definition) is 3. The van der Waals surface area contributed by atoms with Gasteiger partial charge in [-0.05, 0) is 6.07 Å². The molecule has 0 amide bonds. The molecule has 1 rings (SSSR count). The van der Waals surface area contributed by atoms with Gasteiger partial charge in [0.1, 0.15) is 11.4 Å². The SMILES string of the molecule is COC(=O)Cc1nccc(F)c1C(F)(F)F. The zero-order valence-electron chi connectivity index (χ0n) is 8.14. The Hall–Kier alpha value is -1.66. The summed E-state index contributed by atoms with van der Waals surface area (Å²) in [6, 6.07) is 0.587. The Labute approximate surface area is 88.0 Å². The summed E-state index contributed by atoms with van der Waals surface area (Å²) in [6.45, 7) is 0. The van der Waals surface area contributed by atoms with Crippen LogP contribution in [0.5, 0.6) is 0 Å². The van der Waals surface area contributed by atoms with Gasteiger partial charge in [0.05, 0.1) is 19.2 Å². The van der Waals surface area contributed by atoms with Crippen LogP contribution in [0, 0.1) is 5.82 Å². The first-order chi connectivity index (χ1) is 7.36. The third-order valence-electron chi connectivity index (χ3n) is 1.80. The van der Waals surface area contributed by atoms with Gasteiger partial charge in [0.2, 0.25) is 0 Å². The lowest BCUT2D eigenvalue weighted by molar-refractivity contribution is -0.143. The van der Waals surface area contributed by atoms with E-state index in [0.29, 0.717) is 6.07 Å². The van der Waals surface area contributed by atoms with Crippen molar-refractivity contribution in [1.82, 2.24) is 4.98 Å². The standard InChI is InChI=1S/C9H7F4NO2/c1-16-7(15)4-6-8(9(11,12)13)5(10)2-3-14-6/h2-3H,4H2,1H3. The van der Waals surface area contributed by atoms with Crippen LogP contribution in [0.15, 0.2) is 12.3 Å². The van der Waals surface area contributed by atoms with E-state index in [9.17, 15) is 22.4 Å². The lowest BCUT2D eigenvalue weighted by atomic mass is 10.1. The van der Waals surface area contributed by atoms with Gasteiger partial charge in [0.15, 0.2) is 0 Å². The fourth-order valence-corrected chi connectivity index (χ4v) is 1.12. The Bertz CT molecular complexity index is 403. The summed E-state index contributed by atoms with van der Waals surface area (Å²) in [5.41, 5.74) is -2.21. The minimum Gasteiger partial charge on any atom is -0.469 e. The maximum absolute atomic E-state index is 13.0. The van der Waals surface area contributed by atoms with Crippen LogP contribution >= 0.6 is 0 Å². The molecule has 7 heteroatoms. The second-order valence-corrected chi connectivity index (χ2v) is 2.87. The topological polar surface area (TPSA) is 39.2 Å². The summed E-state index contributed by atoms with van der Waals surface area (Å²) in [5, 5.41) is 0. The van der Waals surface area contributed by atoms with Crippen molar-refractivity contribution in [2.75, 3.05) is 7.11 Å². The number of esters is 1. The molecule has 3 nitrogen and oxygen atoms in total. The van der Waals surface area contributed by atoms with Crippen LogP contribution in [0.4, 0.5) is 17.6 Å². The number of pyridine rings is 1. The summed E-state index contributed by atoms with van der Waals surface area (Å²) in [5.74, 6) is -2.37. The highest BCUT2D eigenvalue weighted by Gasteiger charge is 2.38. The molecule has 16 heavy (non-hydrogen) atoms. The number of hydrogen-bond donors (Lipinski definition) is 0. The third kappa shape index (κ3) is 2.68. The summed E-state index contributed by atoms with van der Waals surface area (Å²) >= 11 is 0. The molecule has 1 aromatic heterocycles. The number of aromatic nitrogens is 1. The van der Waals surface area contributed by atoms with Crippen molar-refractivity contribution in [3.63, 3.8) is 0 Å². The maximum Gasteiger partial charge on any atom is 0.421 e. The van der Waals surface area contributed by atoms with E-state index in [2.05, 4.69) is 9.72 Å². The molecule has 0 N–H and O–H groups in total. The highest BCUT2D eigenvalue weighted by molar-refractivity contribution is 5.72. The second-order valence-electron chi connectivity index (χ2n) is 2.87. The van der Waals surface area contributed by atoms with Gasteiger partial charge in [-0.3, -0.25) is 9.78 Å². The van der Waals surface area contributed by atoms with Crippen LogP contribution in [-0.4, -0.2) is 18.1 Å². The van der Waals surface area contributed by atoms with E-state index in [1.54, 1.807) is 0 Å². The van der Waals surface area contributed by atoms with Crippen molar-refractivity contribution >= 4 is 5.97 Å². The first-order valence-electron chi connectivity index (χ1n) is 4.13. The van der Waals surface area contributed by atoms with Gasteiger partial charge in [-0.25, -0.2) is 4.39 Å². The molecule has 0 radical (unpaired) electrons. The number of rotatable bonds is 2. The summed E-state index contributed by atoms with van der Waals surface area (Å²) < 4.78 is 54.5. The summed E-state index contributed by atoms with van der Waals surface area (Å²) in [6.07, 6.45) is -4.74. The molecular weight excluding hydrogens is 230 g/mol. The van der Waals surface area contributed by atoms with Crippen LogP contribution < -0.4 is 0 Å². The lowest BCUT2D eigenvalue weighted by Gasteiger charge is -2.11. The van der Waals surface area contributed by atoms with Gasteiger partial charge >= 0.3 is 12.1 Å². The fourth-order valence-electron chi connectivity index (χ4n) is 1.12. The Morgan fingerprint density at radius 1 is 1.50 bits per heavy atom. The van der Waals surface area contributed by atoms with E-state index in [1.807, 2.05) is 0 Å². The van der Waals surface area contributed by atoms with Crippen molar-refractivity contribution in [2.24, 2.45) is 0 Å². The Kier molecular flexibility index (Phi) is 3.46. The molecule has 0 unspecified atom stereocenters. The van der Waals surface area contributed by atoms with Gasteiger partial charge in [0.25, 0.3) is 0 Å². The van der Waals surface area contributed by atoms with E-state index < -0.39 is 35.6 Å². The molecule has 0 bridgehead atoms. The predicted octanol–water partition coefficient (Wildman–Crippen LogP) is 1.95. The number of nitrogens with zero attached hydrogens (tertiary/aromatic N) is 1. The largest absolute Gasteiger partial charge is 0.469 e. The molecule has 0 aromatic carbocycles.